The second-order valence-corrected chi connectivity index (χ2v) is 7.07. The quantitative estimate of drug-likeness (QED) is 0.749. The van der Waals surface area contributed by atoms with Gasteiger partial charge in [-0.25, -0.2) is 0 Å². The molecule has 1 aliphatic heterocycles. The molecular weight excluding hydrogens is 342 g/mol. The molecule has 1 fully saturated rings. The summed E-state index contributed by atoms with van der Waals surface area (Å²) in [5.41, 5.74) is 1.88. The van der Waals surface area contributed by atoms with Crippen molar-refractivity contribution in [3.63, 3.8) is 0 Å². The van der Waals surface area contributed by atoms with E-state index in [-0.39, 0.29) is 18.4 Å². The van der Waals surface area contributed by atoms with Crippen LogP contribution in [0.4, 0.5) is 11.4 Å². The van der Waals surface area contributed by atoms with Crippen LogP contribution in [0.1, 0.15) is 26.2 Å². The Morgan fingerprint density at radius 3 is 2.59 bits per heavy atom. The number of ether oxygens (including phenoxy) is 1. The van der Waals surface area contributed by atoms with Gasteiger partial charge in [-0.3, -0.25) is 9.59 Å². The van der Waals surface area contributed by atoms with Gasteiger partial charge in [0.2, 0.25) is 11.8 Å². The first-order chi connectivity index (χ1) is 13.2. The first-order valence-corrected chi connectivity index (χ1v) is 9.82. The van der Waals surface area contributed by atoms with Crippen molar-refractivity contribution in [2.45, 2.75) is 26.2 Å². The minimum absolute atomic E-state index is 0.0480. The lowest BCUT2D eigenvalue weighted by Gasteiger charge is -2.29. The molecular formula is C21H29N3O3. The number of nitrogens with zero attached hydrogens (tertiary/aromatic N) is 2. The second-order valence-electron chi connectivity index (χ2n) is 7.07. The van der Waals surface area contributed by atoms with Crippen molar-refractivity contribution in [3.8, 4) is 0 Å². The van der Waals surface area contributed by atoms with Gasteiger partial charge in [0.15, 0.2) is 0 Å². The van der Waals surface area contributed by atoms with E-state index in [4.69, 9.17) is 4.74 Å². The summed E-state index contributed by atoms with van der Waals surface area (Å²) in [5, 5.41) is 2.90. The second kappa shape index (κ2) is 9.55. The number of nitrogens with one attached hydrogen (secondary N) is 1. The van der Waals surface area contributed by atoms with Crippen LogP contribution in [0.2, 0.25) is 0 Å². The molecule has 6 heteroatoms. The lowest BCUT2D eigenvalue weighted by molar-refractivity contribution is -0.135. The molecule has 1 atom stereocenters. The Balaban J connectivity index is 1.49. The monoisotopic (exact) mass is 371 g/mol. The van der Waals surface area contributed by atoms with E-state index in [0.717, 1.165) is 50.5 Å². The summed E-state index contributed by atoms with van der Waals surface area (Å²) in [5.74, 6) is 0.209. The first-order valence-electron chi connectivity index (χ1n) is 9.82. The molecule has 27 heavy (non-hydrogen) atoms. The van der Waals surface area contributed by atoms with E-state index in [1.54, 1.807) is 4.90 Å². The Hall–Kier alpha value is -2.34. The summed E-state index contributed by atoms with van der Waals surface area (Å²) in [6, 6.07) is 7.83. The summed E-state index contributed by atoms with van der Waals surface area (Å²) < 4.78 is 5.37. The van der Waals surface area contributed by atoms with Gasteiger partial charge in [-0.1, -0.05) is 12.2 Å². The highest BCUT2D eigenvalue weighted by Crippen LogP contribution is 2.21. The van der Waals surface area contributed by atoms with Gasteiger partial charge in [-0.15, -0.1) is 0 Å². The lowest BCUT2D eigenvalue weighted by Crippen LogP contribution is -2.38. The maximum atomic E-state index is 12.4. The van der Waals surface area contributed by atoms with Gasteiger partial charge in [0, 0.05) is 37.4 Å². The third-order valence-electron chi connectivity index (χ3n) is 5.15. The molecule has 0 saturated carbocycles. The van der Waals surface area contributed by atoms with Crippen molar-refractivity contribution >= 4 is 23.2 Å². The summed E-state index contributed by atoms with van der Waals surface area (Å²) in [6.45, 7) is 5.80. The van der Waals surface area contributed by atoms with Gasteiger partial charge in [0.25, 0.3) is 0 Å². The summed E-state index contributed by atoms with van der Waals surface area (Å²) >= 11 is 0. The van der Waals surface area contributed by atoms with Crippen molar-refractivity contribution in [1.29, 1.82) is 0 Å². The number of amides is 2. The van der Waals surface area contributed by atoms with Crippen molar-refractivity contribution in [1.82, 2.24) is 4.90 Å². The molecule has 0 unspecified atom stereocenters. The number of morpholine rings is 1. The number of allylic oxidation sites excluding steroid dienone is 2. The Labute approximate surface area is 161 Å². The first kappa shape index (κ1) is 19.4. The number of likely N-dealkylation sites (N-methyl/N-ethyl adjacent to an activating group) is 1. The minimum Gasteiger partial charge on any atom is -0.378 e. The lowest BCUT2D eigenvalue weighted by atomic mass is 10.0. The molecule has 6 nitrogen and oxygen atoms in total. The molecule has 146 valence electrons. The van der Waals surface area contributed by atoms with E-state index in [1.165, 1.54) is 0 Å². The minimum atomic E-state index is -0.161. The van der Waals surface area contributed by atoms with E-state index in [9.17, 15) is 9.59 Å². The van der Waals surface area contributed by atoms with Crippen LogP contribution in [-0.4, -0.2) is 56.1 Å². The van der Waals surface area contributed by atoms with Crippen molar-refractivity contribution in [2.24, 2.45) is 5.92 Å². The van der Waals surface area contributed by atoms with Gasteiger partial charge in [0.1, 0.15) is 0 Å². The summed E-state index contributed by atoms with van der Waals surface area (Å²) in [7, 11) is 0. The van der Waals surface area contributed by atoms with E-state index in [1.807, 2.05) is 31.2 Å². The van der Waals surface area contributed by atoms with Crippen LogP contribution in [0.5, 0.6) is 0 Å². The Bertz CT molecular complexity index is 666. The third kappa shape index (κ3) is 5.57. The molecule has 2 aliphatic rings. The SMILES string of the molecule is CCN(CC(=O)Nc1ccc(N2CCOCC2)cc1)C(=O)C[C@@H]1C=CCC1. The average molecular weight is 371 g/mol. The number of carbonyl (C=O) groups is 2. The zero-order valence-electron chi connectivity index (χ0n) is 16.0. The zero-order chi connectivity index (χ0) is 19.1. The van der Waals surface area contributed by atoms with Gasteiger partial charge < -0.3 is 19.9 Å². The average Bonchev–Trinajstić information content (AvgIpc) is 3.20. The van der Waals surface area contributed by atoms with Crippen molar-refractivity contribution < 1.29 is 14.3 Å². The van der Waals surface area contributed by atoms with Crippen LogP contribution in [0.15, 0.2) is 36.4 Å². The number of carbonyl (C=O) groups excluding carboxylic acids is 2. The van der Waals surface area contributed by atoms with Gasteiger partial charge in [-0.2, -0.15) is 0 Å². The number of hydrogen-bond donors (Lipinski definition) is 1. The highest BCUT2D eigenvalue weighted by molar-refractivity contribution is 5.94. The predicted octanol–water partition coefficient (Wildman–Crippen LogP) is 2.67. The van der Waals surface area contributed by atoms with E-state index < -0.39 is 0 Å². The Morgan fingerprint density at radius 1 is 1.22 bits per heavy atom. The molecule has 1 heterocycles. The molecule has 0 bridgehead atoms. The largest absolute Gasteiger partial charge is 0.378 e. The molecule has 0 spiro atoms. The molecule has 1 aliphatic carbocycles. The highest BCUT2D eigenvalue weighted by Gasteiger charge is 2.20. The number of hydrogen-bond acceptors (Lipinski definition) is 4. The standard InChI is InChI=1S/C21H29N3O3/c1-2-23(21(26)15-17-5-3-4-6-17)16-20(25)22-18-7-9-19(10-8-18)24-11-13-27-14-12-24/h3,5,7-10,17H,2,4,6,11-16H2,1H3,(H,22,25)/t17-/m1/s1. The van der Waals surface area contributed by atoms with Crippen LogP contribution < -0.4 is 10.2 Å². The molecule has 1 aromatic rings. The fraction of sp³-hybridized carbons (Fsp3) is 0.524. The zero-order valence-corrected chi connectivity index (χ0v) is 16.0. The molecule has 2 amide bonds. The Kier molecular flexibility index (Phi) is 6.87. The summed E-state index contributed by atoms with van der Waals surface area (Å²) in [4.78, 5) is 28.7. The van der Waals surface area contributed by atoms with Gasteiger partial charge in [-0.05, 0) is 49.9 Å². The number of rotatable bonds is 7. The number of benzene rings is 1. The topological polar surface area (TPSA) is 61.9 Å². The van der Waals surface area contributed by atoms with E-state index in [0.29, 0.717) is 18.9 Å². The summed E-state index contributed by atoms with van der Waals surface area (Å²) in [6.07, 6.45) is 6.81. The smallest absolute Gasteiger partial charge is 0.243 e. The van der Waals surface area contributed by atoms with Gasteiger partial charge >= 0.3 is 0 Å². The van der Waals surface area contributed by atoms with Crippen LogP contribution in [0.3, 0.4) is 0 Å². The van der Waals surface area contributed by atoms with Crippen molar-refractivity contribution in [2.75, 3.05) is 49.6 Å². The maximum absolute atomic E-state index is 12.4. The highest BCUT2D eigenvalue weighted by atomic mass is 16.5. The van der Waals surface area contributed by atoms with E-state index in [2.05, 4.69) is 22.4 Å². The predicted molar refractivity (Wildman–Crippen MR) is 107 cm³/mol. The van der Waals surface area contributed by atoms with E-state index >= 15 is 0 Å². The molecule has 1 N–H and O–H groups in total. The molecule has 0 aromatic heterocycles. The van der Waals surface area contributed by atoms with Crippen LogP contribution in [0, 0.1) is 5.92 Å². The Morgan fingerprint density at radius 2 is 1.96 bits per heavy atom. The fourth-order valence-corrected chi connectivity index (χ4v) is 3.55. The number of anilines is 2. The molecule has 1 aromatic carbocycles. The third-order valence-corrected chi connectivity index (χ3v) is 5.15. The van der Waals surface area contributed by atoms with Gasteiger partial charge in [0.05, 0.1) is 19.8 Å². The maximum Gasteiger partial charge on any atom is 0.243 e. The molecule has 1 saturated heterocycles. The molecule has 0 radical (unpaired) electrons. The fourth-order valence-electron chi connectivity index (χ4n) is 3.55. The normalized spacial score (nSPS) is 19.1. The van der Waals surface area contributed by atoms with Crippen molar-refractivity contribution in [3.05, 3.63) is 36.4 Å². The van der Waals surface area contributed by atoms with Crippen LogP contribution in [-0.2, 0) is 14.3 Å². The van der Waals surface area contributed by atoms with Crippen LogP contribution >= 0.6 is 0 Å². The molecule has 3 rings (SSSR count). The van der Waals surface area contributed by atoms with Crippen LogP contribution in [0.25, 0.3) is 0 Å².